The molecule has 0 spiro atoms. The van der Waals surface area contributed by atoms with Crippen LogP contribution in [-0.4, -0.2) is 34.9 Å². The Morgan fingerprint density at radius 3 is 2.83 bits per heavy atom. The van der Waals surface area contributed by atoms with Gasteiger partial charge >= 0.3 is 0 Å². The number of piperidine rings is 1. The van der Waals surface area contributed by atoms with Crippen LogP contribution in [0.25, 0.3) is 0 Å². The van der Waals surface area contributed by atoms with Crippen molar-refractivity contribution < 1.29 is 9.59 Å². The van der Waals surface area contributed by atoms with Gasteiger partial charge in [0.05, 0.1) is 22.2 Å². The van der Waals surface area contributed by atoms with Crippen LogP contribution < -0.4 is 21.1 Å². The lowest BCUT2D eigenvalue weighted by molar-refractivity contribution is -0.123. The lowest BCUT2D eigenvalue weighted by Crippen LogP contribution is -2.40. The number of hydrogen-bond donors (Lipinski definition) is 3. The van der Waals surface area contributed by atoms with Gasteiger partial charge in [-0.15, -0.1) is 0 Å². The molecule has 158 valence electrons. The Bertz CT molecular complexity index is 1070. The van der Waals surface area contributed by atoms with Crippen molar-refractivity contribution >= 4 is 52.5 Å². The van der Waals surface area contributed by atoms with E-state index in [0.29, 0.717) is 22.6 Å². The smallest absolute Gasteiger partial charge is 0.258 e. The fraction of sp³-hybridized carbons (Fsp3) is 0.400. The van der Waals surface area contributed by atoms with Crippen molar-refractivity contribution in [1.29, 1.82) is 0 Å². The van der Waals surface area contributed by atoms with E-state index in [-0.39, 0.29) is 28.7 Å². The molecule has 4 rings (SSSR count). The van der Waals surface area contributed by atoms with E-state index in [1.807, 2.05) is 4.90 Å². The van der Waals surface area contributed by atoms with Crippen molar-refractivity contribution in [1.82, 2.24) is 9.97 Å². The second-order valence-electron chi connectivity index (χ2n) is 7.76. The number of rotatable bonds is 3. The van der Waals surface area contributed by atoms with Gasteiger partial charge in [0.15, 0.2) is 0 Å². The number of fused-ring (bicyclic) bond motifs is 1. The van der Waals surface area contributed by atoms with Gasteiger partial charge in [0.1, 0.15) is 5.82 Å². The molecule has 0 aliphatic carbocycles. The van der Waals surface area contributed by atoms with Crippen molar-refractivity contribution in [2.24, 2.45) is 5.92 Å². The molecule has 3 N–H and O–H groups in total. The first-order chi connectivity index (χ1) is 14.3. The average Bonchev–Trinajstić information content (AvgIpc) is 2.69. The van der Waals surface area contributed by atoms with E-state index in [9.17, 15) is 14.4 Å². The molecule has 1 aromatic heterocycles. The third-order valence-electron chi connectivity index (χ3n) is 5.40. The first-order valence-corrected chi connectivity index (χ1v) is 10.5. The number of halogens is 2. The minimum absolute atomic E-state index is 0.130. The zero-order chi connectivity index (χ0) is 21.4. The van der Waals surface area contributed by atoms with Gasteiger partial charge in [0.2, 0.25) is 17.8 Å². The number of anilines is 3. The lowest BCUT2D eigenvalue weighted by atomic mass is 9.92. The molecule has 2 aromatic rings. The quantitative estimate of drug-likeness (QED) is 0.665. The molecular weight excluding hydrogens is 429 g/mol. The average molecular weight is 450 g/mol. The van der Waals surface area contributed by atoms with Crippen LogP contribution in [0, 0.1) is 5.92 Å². The Hall–Kier alpha value is -2.58. The number of aromatic amines is 1. The summed E-state index contributed by atoms with van der Waals surface area (Å²) in [7, 11) is 0. The van der Waals surface area contributed by atoms with Crippen molar-refractivity contribution in [2.45, 2.75) is 32.1 Å². The predicted octanol–water partition coefficient (Wildman–Crippen LogP) is 3.38. The van der Waals surface area contributed by atoms with Crippen LogP contribution in [0.15, 0.2) is 23.0 Å². The van der Waals surface area contributed by atoms with Gasteiger partial charge in [0, 0.05) is 24.5 Å². The van der Waals surface area contributed by atoms with Crippen molar-refractivity contribution in [3.05, 3.63) is 44.2 Å². The van der Waals surface area contributed by atoms with Crippen molar-refractivity contribution in [2.75, 3.05) is 28.6 Å². The minimum Gasteiger partial charge on any atom is -0.342 e. The Labute approximate surface area is 183 Å². The largest absolute Gasteiger partial charge is 0.342 e. The normalized spacial score (nSPS) is 21.0. The molecule has 0 radical (unpaired) electrons. The zero-order valence-electron chi connectivity index (χ0n) is 16.3. The van der Waals surface area contributed by atoms with Crippen LogP contribution in [0.1, 0.15) is 37.7 Å². The Morgan fingerprint density at radius 2 is 2.10 bits per heavy atom. The highest BCUT2D eigenvalue weighted by molar-refractivity contribution is 6.36. The van der Waals surface area contributed by atoms with Gasteiger partial charge in [-0.1, -0.05) is 30.1 Å². The number of benzene rings is 1. The van der Waals surface area contributed by atoms with Crippen molar-refractivity contribution in [3.8, 4) is 0 Å². The maximum Gasteiger partial charge on any atom is 0.258 e. The lowest BCUT2D eigenvalue weighted by Gasteiger charge is -2.32. The molecule has 2 atom stereocenters. The highest BCUT2D eigenvalue weighted by atomic mass is 35.5. The van der Waals surface area contributed by atoms with Crippen LogP contribution >= 0.6 is 23.2 Å². The zero-order valence-corrected chi connectivity index (χ0v) is 17.8. The highest BCUT2D eigenvalue weighted by Gasteiger charge is 2.35. The summed E-state index contributed by atoms with van der Waals surface area (Å²) in [6.45, 7) is 3.69. The first kappa shape index (κ1) is 20.7. The van der Waals surface area contributed by atoms with E-state index in [4.69, 9.17) is 23.2 Å². The standard InChI is InChI=1S/C20H21Cl2N5O3/c1-10-3-2-6-27(9-10)20-25-17-16(19(30)26-20)12(8-15(28)24-17)18(29)23-14-5-4-11(21)7-13(14)22/h4-5,7,10,12H,2-3,6,8-9H2,1H3,(H,23,29)(H2,24,25,26,28,30). The van der Waals surface area contributed by atoms with Gasteiger partial charge in [-0.25, -0.2) is 0 Å². The summed E-state index contributed by atoms with van der Waals surface area (Å²) < 4.78 is 0. The highest BCUT2D eigenvalue weighted by Crippen LogP contribution is 2.32. The SMILES string of the molecule is CC1CCCN(c2nc3c(c(=O)[nH]2)C(C(=O)Nc2ccc(Cl)cc2Cl)CC(=O)N3)C1. The molecule has 1 fully saturated rings. The summed E-state index contributed by atoms with van der Waals surface area (Å²) in [5, 5.41) is 6.01. The number of H-pyrrole nitrogens is 1. The maximum absolute atomic E-state index is 12.9. The summed E-state index contributed by atoms with van der Waals surface area (Å²) in [4.78, 5) is 47.3. The van der Waals surface area contributed by atoms with Gasteiger partial charge in [-0.2, -0.15) is 4.98 Å². The fourth-order valence-electron chi connectivity index (χ4n) is 3.93. The molecule has 1 saturated heterocycles. The van der Waals surface area contributed by atoms with Crippen LogP contribution in [0.4, 0.5) is 17.5 Å². The molecule has 8 nitrogen and oxygen atoms in total. The third-order valence-corrected chi connectivity index (χ3v) is 5.95. The van der Waals surface area contributed by atoms with E-state index in [1.165, 1.54) is 6.07 Å². The number of amides is 2. The van der Waals surface area contributed by atoms with Gasteiger partial charge in [-0.3, -0.25) is 19.4 Å². The summed E-state index contributed by atoms with van der Waals surface area (Å²) in [5.41, 5.74) is 0.0588. The van der Waals surface area contributed by atoms with Crippen LogP contribution in [0.2, 0.25) is 10.0 Å². The first-order valence-electron chi connectivity index (χ1n) is 9.76. The molecule has 0 bridgehead atoms. The number of aromatic nitrogens is 2. The topological polar surface area (TPSA) is 107 Å². The van der Waals surface area contributed by atoms with Gasteiger partial charge in [0.25, 0.3) is 5.56 Å². The fourth-order valence-corrected chi connectivity index (χ4v) is 4.38. The molecule has 10 heteroatoms. The maximum atomic E-state index is 12.9. The molecule has 2 aliphatic rings. The van der Waals surface area contributed by atoms with E-state index < -0.39 is 17.4 Å². The van der Waals surface area contributed by atoms with E-state index in [1.54, 1.807) is 12.1 Å². The number of hydrogen-bond acceptors (Lipinski definition) is 5. The number of carbonyl (C=O) groups excluding carboxylic acids is 2. The van der Waals surface area contributed by atoms with Gasteiger partial charge < -0.3 is 15.5 Å². The number of carbonyl (C=O) groups is 2. The van der Waals surface area contributed by atoms with Crippen LogP contribution in [0.5, 0.6) is 0 Å². The van der Waals surface area contributed by atoms with E-state index in [0.717, 1.165) is 25.9 Å². The van der Waals surface area contributed by atoms with Crippen LogP contribution in [-0.2, 0) is 9.59 Å². The number of nitrogens with zero attached hydrogens (tertiary/aromatic N) is 2. The summed E-state index contributed by atoms with van der Waals surface area (Å²) in [6.07, 6.45) is 1.97. The Balaban J connectivity index is 1.65. The second kappa shape index (κ2) is 8.28. The molecule has 2 amide bonds. The molecule has 2 aliphatic heterocycles. The predicted molar refractivity (Wildman–Crippen MR) is 117 cm³/mol. The molecule has 3 heterocycles. The summed E-state index contributed by atoms with van der Waals surface area (Å²) in [5.74, 6) is -0.843. The monoisotopic (exact) mass is 449 g/mol. The van der Waals surface area contributed by atoms with Gasteiger partial charge in [-0.05, 0) is 37.0 Å². The van der Waals surface area contributed by atoms with E-state index in [2.05, 4.69) is 27.5 Å². The molecule has 30 heavy (non-hydrogen) atoms. The summed E-state index contributed by atoms with van der Waals surface area (Å²) in [6, 6.07) is 4.65. The molecule has 0 saturated carbocycles. The molecule has 2 unspecified atom stereocenters. The third kappa shape index (κ3) is 4.15. The van der Waals surface area contributed by atoms with E-state index >= 15 is 0 Å². The second-order valence-corrected chi connectivity index (χ2v) is 8.61. The number of nitrogens with one attached hydrogen (secondary N) is 3. The Morgan fingerprint density at radius 1 is 1.30 bits per heavy atom. The molecular formula is C20H21Cl2N5O3. The molecule has 1 aromatic carbocycles. The van der Waals surface area contributed by atoms with Crippen molar-refractivity contribution in [3.63, 3.8) is 0 Å². The minimum atomic E-state index is -0.980. The Kier molecular flexibility index (Phi) is 5.71. The summed E-state index contributed by atoms with van der Waals surface area (Å²) >= 11 is 12.0. The van der Waals surface area contributed by atoms with Crippen LogP contribution in [0.3, 0.4) is 0 Å².